The van der Waals surface area contributed by atoms with Gasteiger partial charge in [-0.15, -0.1) is 0 Å². The molecule has 0 saturated heterocycles. The van der Waals surface area contributed by atoms with Crippen molar-refractivity contribution >= 4 is 44.8 Å². The van der Waals surface area contributed by atoms with Crippen LogP contribution in [0.15, 0.2) is 53.1 Å². The first-order valence-electron chi connectivity index (χ1n) is 7.73. The topological polar surface area (TPSA) is 120 Å². The van der Waals surface area contributed by atoms with Gasteiger partial charge in [-0.05, 0) is 30.3 Å². The second-order valence-corrected chi connectivity index (χ2v) is 6.82. The molecule has 9 nitrogen and oxygen atoms in total. The molecule has 2 aromatic carbocycles. The number of nitrogens with zero attached hydrogens (tertiary/aromatic N) is 3. The fourth-order valence-corrected chi connectivity index (χ4v) is 2.94. The molecule has 3 rings (SSSR count). The number of anilines is 1. The summed E-state index contributed by atoms with van der Waals surface area (Å²) in [7, 11) is 0. The second kappa shape index (κ2) is 8.28. The van der Waals surface area contributed by atoms with Gasteiger partial charge in [0.25, 0.3) is 11.6 Å². The van der Waals surface area contributed by atoms with Gasteiger partial charge in [0.05, 0.1) is 21.7 Å². The standard InChI is InChI=1S/C17H12BrClN4O5/c18-10-1-4-16(12(19)7-10)28-9-22-6-5-14(21-22)17(25)20-13-3-2-11(23(26)27)8-15(13)24/h1-8,24H,9H2,(H,20,25). The third-order valence-corrected chi connectivity index (χ3v) is 4.35. The first-order valence-corrected chi connectivity index (χ1v) is 8.90. The van der Waals surface area contributed by atoms with Crippen molar-refractivity contribution in [3.05, 3.63) is 74.0 Å². The van der Waals surface area contributed by atoms with Crippen LogP contribution in [0.25, 0.3) is 0 Å². The predicted molar refractivity (Wildman–Crippen MR) is 105 cm³/mol. The van der Waals surface area contributed by atoms with E-state index < -0.39 is 16.6 Å². The summed E-state index contributed by atoms with van der Waals surface area (Å²) in [5.74, 6) is -0.554. The Morgan fingerprint density at radius 2 is 2.11 bits per heavy atom. The van der Waals surface area contributed by atoms with E-state index in [9.17, 15) is 20.0 Å². The molecule has 1 aromatic heterocycles. The summed E-state index contributed by atoms with van der Waals surface area (Å²) in [6.45, 7) is 0.0252. The van der Waals surface area contributed by atoms with Crippen LogP contribution in [-0.2, 0) is 6.73 Å². The Bertz CT molecular complexity index is 1060. The Kier molecular flexibility index (Phi) is 5.81. The van der Waals surface area contributed by atoms with Crippen molar-refractivity contribution in [3.8, 4) is 11.5 Å². The highest BCUT2D eigenvalue weighted by Gasteiger charge is 2.15. The molecular weight excluding hydrogens is 456 g/mol. The lowest BCUT2D eigenvalue weighted by molar-refractivity contribution is -0.384. The van der Waals surface area contributed by atoms with E-state index in [1.54, 1.807) is 18.2 Å². The molecule has 0 saturated carbocycles. The molecule has 0 radical (unpaired) electrons. The molecule has 0 atom stereocenters. The van der Waals surface area contributed by atoms with Gasteiger partial charge in [-0.25, -0.2) is 4.68 Å². The van der Waals surface area contributed by atoms with Crippen molar-refractivity contribution in [1.82, 2.24) is 9.78 Å². The lowest BCUT2D eigenvalue weighted by atomic mass is 10.2. The van der Waals surface area contributed by atoms with E-state index in [4.69, 9.17) is 16.3 Å². The number of aromatic hydroxyl groups is 1. The quantitative estimate of drug-likeness (QED) is 0.318. The summed E-state index contributed by atoms with van der Waals surface area (Å²) >= 11 is 9.37. The van der Waals surface area contributed by atoms with Crippen molar-refractivity contribution in [2.75, 3.05) is 5.32 Å². The number of nitro benzene ring substituents is 1. The van der Waals surface area contributed by atoms with Crippen LogP contribution in [0, 0.1) is 10.1 Å². The van der Waals surface area contributed by atoms with Gasteiger partial charge in [-0.3, -0.25) is 14.9 Å². The highest BCUT2D eigenvalue weighted by Crippen LogP contribution is 2.29. The lowest BCUT2D eigenvalue weighted by Gasteiger charge is -2.08. The van der Waals surface area contributed by atoms with Crippen molar-refractivity contribution in [3.63, 3.8) is 0 Å². The summed E-state index contributed by atoms with van der Waals surface area (Å²) in [6, 6.07) is 9.98. The maximum absolute atomic E-state index is 12.3. The molecule has 11 heteroatoms. The minimum Gasteiger partial charge on any atom is -0.506 e. The maximum atomic E-state index is 12.3. The highest BCUT2D eigenvalue weighted by molar-refractivity contribution is 9.10. The van der Waals surface area contributed by atoms with E-state index in [0.29, 0.717) is 10.8 Å². The van der Waals surface area contributed by atoms with Crippen LogP contribution in [0.4, 0.5) is 11.4 Å². The van der Waals surface area contributed by atoms with Crippen LogP contribution in [0.2, 0.25) is 5.02 Å². The first kappa shape index (κ1) is 19.6. The molecular formula is C17H12BrClN4O5. The molecule has 0 aliphatic rings. The number of amides is 1. The van der Waals surface area contributed by atoms with Gasteiger partial charge < -0.3 is 15.2 Å². The Hall–Kier alpha value is -3.11. The van der Waals surface area contributed by atoms with Gasteiger partial charge in [0.2, 0.25) is 0 Å². The van der Waals surface area contributed by atoms with Gasteiger partial charge in [0.15, 0.2) is 12.4 Å². The number of aromatic nitrogens is 2. The number of non-ortho nitro benzene ring substituents is 1. The zero-order valence-electron chi connectivity index (χ0n) is 14.0. The zero-order valence-corrected chi connectivity index (χ0v) is 16.3. The van der Waals surface area contributed by atoms with E-state index in [-0.39, 0.29) is 23.8 Å². The van der Waals surface area contributed by atoms with Gasteiger partial charge >= 0.3 is 0 Å². The van der Waals surface area contributed by atoms with Gasteiger partial charge in [0, 0.05) is 16.7 Å². The fourth-order valence-electron chi connectivity index (χ4n) is 2.21. The Morgan fingerprint density at radius 3 is 2.79 bits per heavy atom. The number of nitro groups is 1. The normalized spacial score (nSPS) is 10.5. The largest absolute Gasteiger partial charge is 0.506 e. The summed E-state index contributed by atoms with van der Waals surface area (Å²) in [5.41, 5.74) is -0.185. The smallest absolute Gasteiger partial charge is 0.276 e. The molecule has 28 heavy (non-hydrogen) atoms. The number of hydrogen-bond donors (Lipinski definition) is 2. The number of rotatable bonds is 6. The molecule has 2 N–H and O–H groups in total. The van der Waals surface area contributed by atoms with Crippen LogP contribution >= 0.6 is 27.5 Å². The van der Waals surface area contributed by atoms with Crippen molar-refractivity contribution in [2.24, 2.45) is 0 Å². The number of carbonyl (C=O) groups is 1. The minimum absolute atomic E-state index is 0.0252. The summed E-state index contributed by atoms with van der Waals surface area (Å²) in [4.78, 5) is 22.3. The number of carbonyl (C=O) groups excluding carboxylic acids is 1. The third-order valence-electron chi connectivity index (χ3n) is 3.56. The first-order chi connectivity index (χ1) is 13.3. The monoisotopic (exact) mass is 466 g/mol. The average molecular weight is 468 g/mol. The number of phenolic OH excluding ortho intramolecular Hbond substituents is 1. The molecule has 0 aliphatic heterocycles. The highest BCUT2D eigenvalue weighted by atomic mass is 79.9. The molecule has 0 unspecified atom stereocenters. The van der Waals surface area contributed by atoms with Crippen LogP contribution in [-0.4, -0.2) is 25.7 Å². The predicted octanol–water partition coefficient (Wildman–Crippen LogP) is 4.20. The van der Waals surface area contributed by atoms with Crippen LogP contribution < -0.4 is 10.1 Å². The van der Waals surface area contributed by atoms with Gasteiger partial charge in [0.1, 0.15) is 11.5 Å². The van der Waals surface area contributed by atoms with E-state index in [1.165, 1.54) is 29.1 Å². The number of phenols is 1. The number of ether oxygens (including phenoxy) is 1. The van der Waals surface area contributed by atoms with Crippen molar-refractivity contribution in [1.29, 1.82) is 0 Å². The maximum Gasteiger partial charge on any atom is 0.276 e. The number of nitrogens with one attached hydrogen (secondary N) is 1. The SMILES string of the molecule is O=C(Nc1ccc([N+](=O)[O-])cc1O)c1ccn(COc2ccc(Br)cc2Cl)n1. The molecule has 0 bridgehead atoms. The van der Waals surface area contributed by atoms with Crippen LogP contribution in [0.1, 0.15) is 10.5 Å². The summed E-state index contributed by atoms with van der Waals surface area (Å²) in [5, 5.41) is 27.4. The minimum atomic E-state index is -0.648. The Morgan fingerprint density at radius 1 is 1.32 bits per heavy atom. The summed E-state index contributed by atoms with van der Waals surface area (Å²) in [6.07, 6.45) is 1.54. The fraction of sp³-hybridized carbons (Fsp3) is 0.0588. The molecule has 0 fully saturated rings. The number of halogens is 2. The third kappa shape index (κ3) is 4.59. The molecule has 144 valence electrons. The number of hydrogen-bond acceptors (Lipinski definition) is 6. The van der Waals surface area contributed by atoms with Gasteiger partial charge in [-0.1, -0.05) is 27.5 Å². The van der Waals surface area contributed by atoms with Gasteiger partial charge in [-0.2, -0.15) is 5.10 Å². The zero-order chi connectivity index (χ0) is 20.3. The van der Waals surface area contributed by atoms with E-state index in [1.807, 2.05) is 0 Å². The number of benzene rings is 2. The van der Waals surface area contributed by atoms with Crippen molar-refractivity contribution in [2.45, 2.75) is 6.73 Å². The molecule has 1 amide bonds. The van der Waals surface area contributed by atoms with E-state index >= 15 is 0 Å². The lowest BCUT2D eigenvalue weighted by Crippen LogP contribution is -2.14. The molecule has 0 aliphatic carbocycles. The summed E-state index contributed by atoms with van der Waals surface area (Å²) < 4.78 is 7.76. The Balaban J connectivity index is 1.64. The average Bonchev–Trinajstić information content (AvgIpc) is 3.11. The van der Waals surface area contributed by atoms with E-state index in [2.05, 4.69) is 26.3 Å². The Labute approximate surface area is 171 Å². The van der Waals surface area contributed by atoms with Crippen molar-refractivity contribution < 1.29 is 19.6 Å². The molecule has 0 spiro atoms. The van der Waals surface area contributed by atoms with Crippen LogP contribution in [0.5, 0.6) is 11.5 Å². The second-order valence-electron chi connectivity index (χ2n) is 5.50. The molecule has 3 aromatic rings. The van der Waals surface area contributed by atoms with E-state index in [0.717, 1.165) is 10.5 Å². The molecule has 1 heterocycles. The van der Waals surface area contributed by atoms with Crippen LogP contribution in [0.3, 0.4) is 0 Å².